The molecule has 3 rings (SSSR count). The van der Waals surface area contributed by atoms with Crippen molar-refractivity contribution in [1.29, 1.82) is 0 Å². The molecule has 11 heteroatoms. The first-order valence-electron chi connectivity index (χ1n) is 8.04. The van der Waals surface area contributed by atoms with Gasteiger partial charge >= 0.3 is 5.69 Å². The van der Waals surface area contributed by atoms with Gasteiger partial charge in [0.1, 0.15) is 12.3 Å². The maximum Gasteiger partial charge on any atom is 0.310 e. The number of para-hydroxylation sites is 2. The minimum Gasteiger partial charge on any atom is -0.482 e. The average molecular weight is 434 g/mol. The molecule has 0 saturated heterocycles. The molecule has 1 aromatic heterocycles. The number of nitro benzene ring substituents is 2. The van der Waals surface area contributed by atoms with Gasteiger partial charge in [0.15, 0.2) is 5.75 Å². The lowest BCUT2D eigenvalue weighted by atomic mass is 10.2. The first kappa shape index (κ1) is 20.2. The van der Waals surface area contributed by atoms with Gasteiger partial charge in [-0.15, -0.1) is 11.3 Å². The Kier molecular flexibility index (Phi) is 6.05. The molecule has 0 saturated carbocycles. The molecular formula is C18H12ClN3O6S. The highest BCUT2D eigenvalue weighted by molar-refractivity contribution is 7.12. The third-order valence-electron chi connectivity index (χ3n) is 3.74. The maximum absolute atomic E-state index is 12.4. The Hall–Kier alpha value is -3.50. The third-order valence-corrected chi connectivity index (χ3v) is 4.95. The van der Waals surface area contributed by atoms with E-state index in [1.54, 1.807) is 17.5 Å². The second kappa shape index (κ2) is 8.67. The second-order valence-electron chi connectivity index (χ2n) is 5.71. The van der Waals surface area contributed by atoms with Gasteiger partial charge in [-0.05, 0) is 29.6 Å². The predicted octanol–water partition coefficient (Wildman–Crippen LogP) is 5.05. The van der Waals surface area contributed by atoms with Crippen molar-refractivity contribution >= 4 is 45.9 Å². The summed E-state index contributed by atoms with van der Waals surface area (Å²) in [6, 6.07) is 11.5. The standard InChI is InChI=1S/C18H12ClN3O6S/c19-12-5-6-13(15(8-12)22(26)27)20-18(23)17-7-11(10-29-17)9-28-16-4-2-1-3-14(16)21(24)25/h1-8,10H,9H2,(H,20,23). The number of carbonyl (C=O) groups excluding carboxylic acids is 1. The molecule has 0 bridgehead atoms. The minimum absolute atomic E-state index is 0.0235. The lowest BCUT2D eigenvalue weighted by Gasteiger charge is -2.05. The zero-order chi connectivity index (χ0) is 21.0. The second-order valence-corrected chi connectivity index (χ2v) is 7.05. The Morgan fingerprint density at radius 2 is 1.79 bits per heavy atom. The van der Waals surface area contributed by atoms with Crippen LogP contribution in [0, 0.1) is 20.2 Å². The van der Waals surface area contributed by atoms with Gasteiger partial charge in [-0.1, -0.05) is 23.7 Å². The Balaban J connectivity index is 1.70. The zero-order valence-corrected chi connectivity index (χ0v) is 16.1. The number of anilines is 1. The van der Waals surface area contributed by atoms with E-state index in [4.69, 9.17) is 16.3 Å². The number of nitrogens with one attached hydrogen (secondary N) is 1. The van der Waals surface area contributed by atoms with E-state index in [9.17, 15) is 25.0 Å². The lowest BCUT2D eigenvalue weighted by Crippen LogP contribution is -2.11. The molecule has 1 heterocycles. The van der Waals surface area contributed by atoms with Crippen LogP contribution in [-0.4, -0.2) is 15.8 Å². The van der Waals surface area contributed by atoms with Crippen LogP contribution in [0.2, 0.25) is 5.02 Å². The molecule has 1 N–H and O–H groups in total. The predicted molar refractivity (Wildman–Crippen MR) is 108 cm³/mol. The van der Waals surface area contributed by atoms with E-state index in [1.165, 1.54) is 30.3 Å². The van der Waals surface area contributed by atoms with Gasteiger partial charge in [0.05, 0.1) is 14.7 Å². The molecule has 0 aliphatic carbocycles. The zero-order valence-electron chi connectivity index (χ0n) is 14.5. The van der Waals surface area contributed by atoms with Gasteiger partial charge in [-0.25, -0.2) is 0 Å². The fraction of sp³-hybridized carbons (Fsp3) is 0.0556. The molecular weight excluding hydrogens is 422 g/mol. The summed E-state index contributed by atoms with van der Waals surface area (Å²) in [4.78, 5) is 33.7. The molecule has 0 atom stereocenters. The van der Waals surface area contributed by atoms with Crippen molar-refractivity contribution in [3.8, 4) is 5.75 Å². The molecule has 3 aromatic rings. The highest BCUT2D eigenvalue weighted by Gasteiger charge is 2.19. The van der Waals surface area contributed by atoms with Crippen molar-refractivity contribution in [3.05, 3.63) is 89.6 Å². The van der Waals surface area contributed by atoms with E-state index in [2.05, 4.69) is 5.32 Å². The first-order valence-corrected chi connectivity index (χ1v) is 9.30. The summed E-state index contributed by atoms with van der Waals surface area (Å²) in [5.74, 6) is -0.413. The number of hydrogen-bond donors (Lipinski definition) is 1. The molecule has 0 unspecified atom stereocenters. The largest absolute Gasteiger partial charge is 0.482 e. The van der Waals surface area contributed by atoms with Crippen molar-refractivity contribution < 1.29 is 19.4 Å². The molecule has 148 valence electrons. The van der Waals surface area contributed by atoms with Crippen LogP contribution in [0.1, 0.15) is 15.2 Å². The van der Waals surface area contributed by atoms with Crippen molar-refractivity contribution in [1.82, 2.24) is 0 Å². The summed E-state index contributed by atoms with van der Waals surface area (Å²) in [5.41, 5.74) is 0.178. The number of nitro groups is 2. The molecule has 0 radical (unpaired) electrons. The summed E-state index contributed by atoms with van der Waals surface area (Å²) in [5, 5.41) is 26.5. The normalized spacial score (nSPS) is 10.4. The number of ether oxygens (including phenoxy) is 1. The van der Waals surface area contributed by atoms with Crippen LogP contribution in [-0.2, 0) is 6.61 Å². The molecule has 0 aliphatic heterocycles. The number of nitrogens with zero attached hydrogens (tertiary/aromatic N) is 2. The van der Waals surface area contributed by atoms with Gasteiger partial charge in [0.25, 0.3) is 11.6 Å². The molecule has 29 heavy (non-hydrogen) atoms. The average Bonchev–Trinajstić information content (AvgIpc) is 3.17. The van der Waals surface area contributed by atoms with E-state index in [-0.39, 0.29) is 34.4 Å². The summed E-state index contributed by atoms with van der Waals surface area (Å²) < 4.78 is 5.49. The van der Waals surface area contributed by atoms with E-state index < -0.39 is 15.8 Å². The van der Waals surface area contributed by atoms with Gasteiger partial charge in [0.2, 0.25) is 0 Å². The van der Waals surface area contributed by atoms with Gasteiger partial charge in [-0.3, -0.25) is 25.0 Å². The highest BCUT2D eigenvalue weighted by Crippen LogP contribution is 2.30. The smallest absolute Gasteiger partial charge is 0.310 e. The molecule has 9 nitrogen and oxygen atoms in total. The summed E-state index contributed by atoms with van der Waals surface area (Å²) in [7, 11) is 0. The Bertz CT molecular complexity index is 1100. The van der Waals surface area contributed by atoms with E-state index in [1.807, 2.05) is 0 Å². The highest BCUT2D eigenvalue weighted by atomic mass is 35.5. The molecule has 0 fully saturated rings. The fourth-order valence-electron chi connectivity index (χ4n) is 2.41. The number of rotatable bonds is 7. The van der Waals surface area contributed by atoms with Crippen LogP contribution >= 0.6 is 22.9 Å². The van der Waals surface area contributed by atoms with Crippen molar-refractivity contribution in [2.45, 2.75) is 6.61 Å². The number of amides is 1. The van der Waals surface area contributed by atoms with Crippen molar-refractivity contribution in [2.24, 2.45) is 0 Å². The summed E-state index contributed by atoms with van der Waals surface area (Å²) >= 11 is 6.88. The van der Waals surface area contributed by atoms with Gasteiger partial charge in [0, 0.05) is 22.7 Å². The number of thiophene rings is 1. The molecule has 0 spiro atoms. The van der Waals surface area contributed by atoms with Crippen molar-refractivity contribution in [3.63, 3.8) is 0 Å². The van der Waals surface area contributed by atoms with E-state index in [0.717, 1.165) is 17.4 Å². The minimum atomic E-state index is -0.637. The van der Waals surface area contributed by atoms with Crippen molar-refractivity contribution in [2.75, 3.05) is 5.32 Å². The number of carbonyl (C=O) groups is 1. The molecule has 2 aromatic carbocycles. The molecule has 0 aliphatic rings. The van der Waals surface area contributed by atoms with Crippen LogP contribution in [0.3, 0.4) is 0 Å². The first-order chi connectivity index (χ1) is 13.8. The number of benzene rings is 2. The maximum atomic E-state index is 12.4. The third kappa shape index (κ3) is 4.86. The number of hydrogen-bond acceptors (Lipinski definition) is 7. The Labute approximate surface area is 172 Å². The Morgan fingerprint density at radius 1 is 1.07 bits per heavy atom. The van der Waals surface area contributed by atoms with Gasteiger partial charge in [-0.2, -0.15) is 0 Å². The SMILES string of the molecule is O=C(Nc1ccc(Cl)cc1[N+](=O)[O-])c1cc(COc2ccccc2[N+](=O)[O-])cs1. The topological polar surface area (TPSA) is 125 Å². The fourth-order valence-corrected chi connectivity index (χ4v) is 3.37. The monoisotopic (exact) mass is 433 g/mol. The van der Waals surface area contributed by atoms with Crippen LogP contribution in [0.4, 0.5) is 17.1 Å². The lowest BCUT2D eigenvalue weighted by molar-refractivity contribution is -0.386. The van der Waals surface area contributed by atoms with Crippen LogP contribution in [0.25, 0.3) is 0 Å². The van der Waals surface area contributed by atoms with E-state index >= 15 is 0 Å². The Morgan fingerprint density at radius 3 is 2.52 bits per heavy atom. The number of halogens is 1. The summed E-state index contributed by atoms with van der Waals surface area (Å²) in [6.07, 6.45) is 0. The quantitative estimate of drug-likeness (QED) is 0.410. The molecule has 1 amide bonds. The van der Waals surface area contributed by atoms with Crippen LogP contribution in [0.5, 0.6) is 5.75 Å². The van der Waals surface area contributed by atoms with E-state index in [0.29, 0.717) is 10.4 Å². The van der Waals surface area contributed by atoms with Gasteiger partial charge < -0.3 is 10.1 Å². The summed E-state index contributed by atoms with van der Waals surface area (Å²) in [6.45, 7) is 0.0235. The van der Waals surface area contributed by atoms with Crippen LogP contribution in [0.15, 0.2) is 53.9 Å². The van der Waals surface area contributed by atoms with Crippen LogP contribution < -0.4 is 10.1 Å².